The number of aliphatic hydroxyl groups is 1. The van der Waals surface area contributed by atoms with E-state index >= 15 is 4.39 Å². The van der Waals surface area contributed by atoms with Gasteiger partial charge in [-0.2, -0.15) is 0 Å². The summed E-state index contributed by atoms with van der Waals surface area (Å²) in [5, 5.41) is 21.8. The Hall–Kier alpha value is -2.74. The molecule has 1 aromatic heterocycles. The summed E-state index contributed by atoms with van der Waals surface area (Å²) < 4.78 is 28.1. The number of carboxylic acids is 1. The second-order valence-corrected chi connectivity index (χ2v) is 10.8. The van der Waals surface area contributed by atoms with Gasteiger partial charge >= 0.3 is 11.9 Å². The van der Waals surface area contributed by atoms with Crippen LogP contribution < -0.4 is 0 Å². The average molecular weight is 473 g/mol. The number of ether oxygens (including phenoxy) is 1. The number of carbonyl (C=O) groups is 3. The molecule has 0 spiro atoms. The van der Waals surface area contributed by atoms with Crippen molar-refractivity contribution in [3.63, 3.8) is 0 Å². The number of alkyl halides is 1. The van der Waals surface area contributed by atoms with E-state index in [4.69, 9.17) is 9.15 Å². The van der Waals surface area contributed by atoms with Gasteiger partial charge in [-0.05, 0) is 62.8 Å². The van der Waals surface area contributed by atoms with E-state index in [2.05, 4.69) is 0 Å². The number of halogens is 1. The van der Waals surface area contributed by atoms with Gasteiger partial charge < -0.3 is 19.4 Å². The maximum atomic E-state index is 17.2. The van der Waals surface area contributed by atoms with Gasteiger partial charge in [-0.3, -0.25) is 4.79 Å². The van der Waals surface area contributed by atoms with E-state index in [1.807, 2.05) is 0 Å². The van der Waals surface area contributed by atoms with Crippen molar-refractivity contribution in [3.05, 3.63) is 48.0 Å². The number of ketones is 1. The van der Waals surface area contributed by atoms with E-state index < -0.39 is 57.9 Å². The van der Waals surface area contributed by atoms with Crippen molar-refractivity contribution in [2.24, 2.45) is 28.6 Å². The zero-order valence-electron chi connectivity index (χ0n) is 19.4. The highest BCUT2D eigenvalue weighted by atomic mass is 19.1. The fourth-order valence-electron chi connectivity index (χ4n) is 7.84. The first kappa shape index (κ1) is 23.0. The molecule has 5 rings (SSSR count). The Morgan fingerprint density at radius 2 is 2.00 bits per heavy atom. The number of hydrogen-bond donors (Lipinski definition) is 2. The van der Waals surface area contributed by atoms with Crippen LogP contribution >= 0.6 is 0 Å². The molecule has 4 aliphatic carbocycles. The lowest BCUT2D eigenvalue weighted by molar-refractivity contribution is -0.225. The summed E-state index contributed by atoms with van der Waals surface area (Å²) in [7, 11) is 0. The second kappa shape index (κ2) is 7.13. The highest BCUT2D eigenvalue weighted by molar-refractivity contribution is 6.01. The molecule has 3 saturated carbocycles. The van der Waals surface area contributed by atoms with Crippen LogP contribution in [0.25, 0.3) is 0 Å². The third kappa shape index (κ3) is 2.58. The van der Waals surface area contributed by atoms with Crippen molar-refractivity contribution in [1.29, 1.82) is 0 Å². The molecule has 0 amide bonds. The van der Waals surface area contributed by atoms with Crippen LogP contribution in [0.2, 0.25) is 0 Å². The van der Waals surface area contributed by atoms with E-state index in [0.29, 0.717) is 24.8 Å². The molecular weight excluding hydrogens is 443 g/mol. The van der Waals surface area contributed by atoms with Crippen LogP contribution in [-0.2, 0) is 14.3 Å². The third-order valence-corrected chi connectivity index (χ3v) is 9.47. The number of aliphatic carboxylic acids is 1. The number of aliphatic hydroxyl groups excluding tert-OH is 1. The van der Waals surface area contributed by atoms with Crippen LogP contribution in [0.1, 0.15) is 57.0 Å². The van der Waals surface area contributed by atoms with Gasteiger partial charge in [0.1, 0.15) is 0 Å². The predicted molar refractivity (Wildman–Crippen MR) is 117 cm³/mol. The molecular formula is C26H29FO7. The summed E-state index contributed by atoms with van der Waals surface area (Å²) in [6.07, 6.45) is 5.12. The maximum Gasteiger partial charge on any atom is 0.375 e. The van der Waals surface area contributed by atoms with E-state index in [0.717, 1.165) is 0 Å². The number of esters is 1. The molecule has 182 valence electrons. The standard InChI is InChI=1S/C26H29FO7/c1-14-11-18-17-7-6-15-12-16(28)8-9-23(15,2)25(17,27)20(29)13-24(18,3)26(14,22(31)32)34-21(30)19-5-4-10-33-19/h4-5,8-10,12,14,17-18,20,29H,6-7,11,13H2,1-3H3,(H,31,32)/t14-,17+,18+,20+,23+,24+,25+,26+/m1/s1. The number of fused-ring (bicyclic) bond motifs is 5. The van der Waals surface area contributed by atoms with Crippen LogP contribution in [0.5, 0.6) is 0 Å². The lowest BCUT2D eigenvalue weighted by atomic mass is 9.44. The molecule has 0 bridgehead atoms. The molecule has 1 aromatic rings. The Kier molecular flexibility index (Phi) is 4.83. The van der Waals surface area contributed by atoms with Crippen LogP contribution in [0.15, 0.2) is 46.6 Å². The molecule has 8 heteroatoms. The topological polar surface area (TPSA) is 114 Å². The van der Waals surface area contributed by atoms with Gasteiger partial charge in [0.2, 0.25) is 11.4 Å². The summed E-state index contributed by atoms with van der Waals surface area (Å²) in [6, 6.07) is 2.90. The van der Waals surface area contributed by atoms with Crippen molar-refractivity contribution in [1.82, 2.24) is 0 Å². The maximum absolute atomic E-state index is 17.2. The quantitative estimate of drug-likeness (QED) is 0.642. The number of carboxylic acid groups (broad SMARTS) is 1. The number of hydrogen-bond acceptors (Lipinski definition) is 6. The minimum absolute atomic E-state index is 0.118. The van der Waals surface area contributed by atoms with Gasteiger partial charge in [0, 0.05) is 22.7 Å². The molecule has 34 heavy (non-hydrogen) atoms. The Morgan fingerprint density at radius 3 is 2.65 bits per heavy atom. The highest BCUT2D eigenvalue weighted by Crippen LogP contribution is 2.71. The Morgan fingerprint density at radius 1 is 1.26 bits per heavy atom. The first-order chi connectivity index (χ1) is 15.9. The zero-order valence-corrected chi connectivity index (χ0v) is 19.4. The molecule has 3 fully saturated rings. The number of rotatable bonds is 3. The minimum Gasteiger partial charge on any atom is -0.478 e. The van der Waals surface area contributed by atoms with Gasteiger partial charge in [-0.15, -0.1) is 0 Å². The summed E-state index contributed by atoms with van der Waals surface area (Å²) in [5.41, 5.74) is -5.78. The SMILES string of the molecule is C[C@@H]1C[C@H]2[C@@H]3CCC4=CC(=O)C=C[C@]4(C)[C@@]3(F)[C@@H](O)C[C@]2(C)[C@@]1(OC(=O)c1ccco1)C(=O)O. The van der Waals surface area contributed by atoms with Crippen LogP contribution in [0.3, 0.4) is 0 Å². The molecule has 0 radical (unpaired) electrons. The Balaban J connectivity index is 1.60. The van der Waals surface area contributed by atoms with E-state index in [9.17, 15) is 24.6 Å². The summed E-state index contributed by atoms with van der Waals surface area (Å²) in [6.45, 7) is 5.11. The van der Waals surface area contributed by atoms with Gasteiger partial charge in [-0.25, -0.2) is 14.0 Å². The fraction of sp³-hybridized carbons (Fsp3) is 0.577. The van der Waals surface area contributed by atoms with E-state index in [-0.39, 0.29) is 18.0 Å². The first-order valence-corrected chi connectivity index (χ1v) is 11.7. The molecule has 8 atom stereocenters. The molecule has 0 aliphatic heterocycles. The predicted octanol–water partition coefficient (Wildman–Crippen LogP) is 3.88. The normalized spacial score (nSPS) is 45.1. The van der Waals surface area contributed by atoms with Crippen LogP contribution in [0.4, 0.5) is 4.39 Å². The lowest BCUT2D eigenvalue weighted by Crippen LogP contribution is -2.69. The van der Waals surface area contributed by atoms with Crippen LogP contribution in [0, 0.1) is 28.6 Å². The number of allylic oxidation sites excluding steroid dienone is 4. The van der Waals surface area contributed by atoms with E-state index in [1.54, 1.807) is 26.8 Å². The van der Waals surface area contributed by atoms with Crippen molar-refractivity contribution < 1.29 is 38.1 Å². The van der Waals surface area contributed by atoms with Crippen molar-refractivity contribution in [3.8, 4) is 0 Å². The second-order valence-electron chi connectivity index (χ2n) is 10.8. The molecule has 7 nitrogen and oxygen atoms in total. The first-order valence-electron chi connectivity index (χ1n) is 11.7. The Bertz CT molecular complexity index is 1120. The zero-order chi connectivity index (χ0) is 24.7. The number of carbonyl (C=O) groups excluding carboxylic acids is 2. The van der Waals surface area contributed by atoms with Gasteiger partial charge in [0.25, 0.3) is 0 Å². The summed E-state index contributed by atoms with van der Waals surface area (Å²) >= 11 is 0. The monoisotopic (exact) mass is 472 g/mol. The van der Waals surface area contributed by atoms with Crippen LogP contribution in [-0.4, -0.2) is 45.3 Å². The third-order valence-electron chi connectivity index (χ3n) is 9.47. The summed E-state index contributed by atoms with van der Waals surface area (Å²) in [5.74, 6) is -4.28. The molecule has 4 aliphatic rings. The van der Waals surface area contributed by atoms with Gasteiger partial charge in [-0.1, -0.05) is 25.5 Å². The fourth-order valence-corrected chi connectivity index (χ4v) is 7.84. The minimum atomic E-state index is -2.09. The van der Waals surface area contributed by atoms with Crippen molar-refractivity contribution >= 4 is 17.7 Å². The average Bonchev–Trinajstić information content (AvgIpc) is 3.37. The smallest absolute Gasteiger partial charge is 0.375 e. The van der Waals surface area contributed by atoms with Crippen molar-refractivity contribution in [2.45, 2.75) is 63.8 Å². The van der Waals surface area contributed by atoms with Gasteiger partial charge in [0.15, 0.2) is 11.5 Å². The molecule has 0 aromatic carbocycles. The Labute approximate surface area is 196 Å². The highest BCUT2D eigenvalue weighted by Gasteiger charge is 2.77. The van der Waals surface area contributed by atoms with Gasteiger partial charge in [0.05, 0.1) is 12.4 Å². The van der Waals surface area contributed by atoms with E-state index in [1.165, 1.54) is 30.5 Å². The molecule has 2 N–H and O–H groups in total. The summed E-state index contributed by atoms with van der Waals surface area (Å²) in [4.78, 5) is 37.7. The number of furan rings is 1. The molecule has 1 heterocycles. The lowest BCUT2D eigenvalue weighted by Gasteiger charge is -2.62. The van der Waals surface area contributed by atoms with Crippen molar-refractivity contribution in [2.75, 3.05) is 0 Å². The molecule has 0 unspecified atom stereocenters. The molecule has 0 saturated heterocycles. The largest absolute Gasteiger partial charge is 0.478 e.